The average Bonchev–Trinajstić information content (AvgIpc) is 2.71. The van der Waals surface area contributed by atoms with Gasteiger partial charge in [-0.15, -0.1) is 0 Å². The molecule has 1 atom stereocenters. The van der Waals surface area contributed by atoms with E-state index in [1.54, 1.807) is 0 Å². The summed E-state index contributed by atoms with van der Waals surface area (Å²) in [5, 5.41) is 3.78. The number of nitrogens with one attached hydrogen (secondary N) is 1. The number of anilines is 1. The van der Waals surface area contributed by atoms with Crippen molar-refractivity contribution in [2.24, 2.45) is 0 Å². The lowest BCUT2D eigenvalue weighted by molar-refractivity contribution is -0.121. The van der Waals surface area contributed by atoms with E-state index in [4.69, 9.17) is 34.8 Å². The quantitative estimate of drug-likeness (QED) is 0.716. The molecule has 1 saturated heterocycles. The van der Waals surface area contributed by atoms with E-state index in [9.17, 15) is 9.59 Å². The first-order valence-corrected chi connectivity index (χ1v) is 10.0. The average molecular weight is 441 g/mol. The first kappa shape index (κ1) is 20.9. The first-order valence-electron chi connectivity index (χ1n) is 8.90. The minimum absolute atomic E-state index is 0.0138. The predicted molar refractivity (Wildman–Crippen MR) is 113 cm³/mol. The maximum Gasteiger partial charge on any atom is 0.253 e. The number of piperazine rings is 1. The van der Waals surface area contributed by atoms with Crippen LogP contribution in [0.4, 0.5) is 5.69 Å². The molecule has 1 fully saturated rings. The zero-order valence-electron chi connectivity index (χ0n) is 15.3. The summed E-state index contributed by atoms with van der Waals surface area (Å²) in [7, 11) is 0. The van der Waals surface area contributed by atoms with Crippen molar-refractivity contribution in [2.75, 3.05) is 31.5 Å². The predicted octanol–water partition coefficient (Wildman–Crippen LogP) is 4.43. The van der Waals surface area contributed by atoms with E-state index in [1.807, 2.05) is 47.1 Å². The molecule has 0 aromatic heterocycles. The van der Waals surface area contributed by atoms with Crippen molar-refractivity contribution in [3.63, 3.8) is 0 Å². The monoisotopic (exact) mass is 439 g/mol. The van der Waals surface area contributed by atoms with E-state index in [1.165, 1.54) is 12.1 Å². The molecule has 0 bridgehead atoms. The van der Waals surface area contributed by atoms with Gasteiger partial charge in [0.15, 0.2) is 0 Å². The molecule has 0 radical (unpaired) electrons. The number of rotatable bonds is 4. The lowest BCUT2D eigenvalue weighted by Gasteiger charge is -2.37. The van der Waals surface area contributed by atoms with Gasteiger partial charge in [0, 0.05) is 31.7 Å². The molecule has 2 aromatic carbocycles. The molecule has 1 N–H and O–H groups in total. The largest absolute Gasteiger partial charge is 0.336 e. The van der Waals surface area contributed by atoms with E-state index in [-0.39, 0.29) is 17.9 Å². The Morgan fingerprint density at radius 3 is 2.18 bits per heavy atom. The van der Waals surface area contributed by atoms with Gasteiger partial charge in [0.25, 0.3) is 5.91 Å². The van der Waals surface area contributed by atoms with Crippen molar-refractivity contribution in [1.29, 1.82) is 0 Å². The molecule has 1 heterocycles. The number of benzene rings is 2. The molecule has 1 unspecified atom stereocenters. The standard InChI is InChI=1S/C20H20Cl3N3O2/c1-13(19(27)24-18-12-16(22)15(21)11-17(18)23)25-7-9-26(10-8-25)20(28)14-5-3-2-4-6-14/h2-6,11-13H,7-10H2,1H3,(H,24,27). The second kappa shape index (κ2) is 9.14. The van der Waals surface area contributed by atoms with Crippen LogP contribution in [0.2, 0.25) is 15.1 Å². The Hall–Kier alpha value is -1.79. The zero-order valence-corrected chi connectivity index (χ0v) is 17.6. The fourth-order valence-corrected chi connectivity index (χ4v) is 3.69. The molecule has 5 nitrogen and oxygen atoms in total. The molecule has 8 heteroatoms. The van der Waals surface area contributed by atoms with Crippen LogP contribution in [-0.4, -0.2) is 53.8 Å². The maximum atomic E-state index is 12.6. The van der Waals surface area contributed by atoms with Gasteiger partial charge in [-0.25, -0.2) is 0 Å². The van der Waals surface area contributed by atoms with Gasteiger partial charge >= 0.3 is 0 Å². The Morgan fingerprint density at radius 1 is 0.929 bits per heavy atom. The van der Waals surface area contributed by atoms with Crippen molar-refractivity contribution in [1.82, 2.24) is 9.80 Å². The van der Waals surface area contributed by atoms with Crippen molar-refractivity contribution in [2.45, 2.75) is 13.0 Å². The number of hydrogen-bond acceptors (Lipinski definition) is 3. The molecule has 0 aliphatic carbocycles. The molecule has 1 aliphatic rings. The summed E-state index contributed by atoms with van der Waals surface area (Å²) in [4.78, 5) is 29.0. The summed E-state index contributed by atoms with van der Waals surface area (Å²) in [5.41, 5.74) is 1.10. The maximum absolute atomic E-state index is 12.6. The third kappa shape index (κ3) is 4.78. The Labute approximate surface area is 179 Å². The van der Waals surface area contributed by atoms with Crippen LogP contribution in [0.15, 0.2) is 42.5 Å². The Bertz CT molecular complexity index is 868. The van der Waals surface area contributed by atoms with Gasteiger partial charge < -0.3 is 10.2 Å². The van der Waals surface area contributed by atoms with E-state index in [0.29, 0.717) is 52.5 Å². The second-order valence-electron chi connectivity index (χ2n) is 6.61. The van der Waals surface area contributed by atoms with Crippen LogP contribution in [0.3, 0.4) is 0 Å². The number of nitrogens with zero attached hydrogens (tertiary/aromatic N) is 2. The molecule has 28 heavy (non-hydrogen) atoms. The number of carbonyl (C=O) groups is 2. The van der Waals surface area contributed by atoms with Crippen LogP contribution in [0.5, 0.6) is 0 Å². The summed E-state index contributed by atoms with van der Waals surface area (Å²) < 4.78 is 0. The van der Waals surface area contributed by atoms with Crippen LogP contribution in [-0.2, 0) is 4.79 Å². The van der Waals surface area contributed by atoms with E-state index >= 15 is 0 Å². The van der Waals surface area contributed by atoms with Crippen molar-refractivity contribution in [3.05, 3.63) is 63.1 Å². The van der Waals surface area contributed by atoms with Crippen LogP contribution >= 0.6 is 34.8 Å². The first-order chi connectivity index (χ1) is 13.4. The van der Waals surface area contributed by atoms with Crippen LogP contribution in [0.1, 0.15) is 17.3 Å². The van der Waals surface area contributed by atoms with E-state index < -0.39 is 0 Å². The summed E-state index contributed by atoms with van der Waals surface area (Å²) in [6, 6.07) is 11.9. The highest BCUT2D eigenvalue weighted by molar-refractivity contribution is 6.44. The molecule has 2 amide bonds. The number of hydrogen-bond donors (Lipinski definition) is 1. The Balaban J connectivity index is 1.57. The molecule has 0 spiro atoms. The third-order valence-corrected chi connectivity index (χ3v) is 5.85. The summed E-state index contributed by atoms with van der Waals surface area (Å²) >= 11 is 18.1. The van der Waals surface area contributed by atoms with Crippen LogP contribution in [0, 0.1) is 0 Å². The second-order valence-corrected chi connectivity index (χ2v) is 7.83. The zero-order chi connectivity index (χ0) is 20.3. The lowest BCUT2D eigenvalue weighted by atomic mass is 10.1. The number of halogens is 3. The Morgan fingerprint density at radius 2 is 1.54 bits per heavy atom. The third-order valence-electron chi connectivity index (χ3n) is 4.82. The van der Waals surface area contributed by atoms with Crippen molar-refractivity contribution < 1.29 is 9.59 Å². The van der Waals surface area contributed by atoms with Gasteiger partial charge in [0.1, 0.15) is 0 Å². The lowest BCUT2D eigenvalue weighted by Crippen LogP contribution is -2.54. The van der Waals surface area contributed by atoms with Crippen molar-refractivity contribution >= 4 is 52.3 Å². The molecule has 0 saturated carbocycles. The van der Waals surface area contributed by atoms with Gasteiger partial charge in [0.2, 0.25) is 5.91 Å². The van der Waals surface area contributed by atoms with E-state index in [0.717, 1.165) is 0 Å². The van der Waals surface area contributed by atoms with Gasteiger partial charge in [-0.05, 0) is 31.2 Å². The summed E-state index contributed by atoms with van der Waals surface area (Å²) in [6.45, 7) is 4.19. The molecule has 148 valence electrons. The van der Waals surface area contributed by atoms with Gasteiger partial charge in [0.05, 0.1) is 26.8 Å². The SMILES string of the molecule is CC(C(=O)Nc1cc(Cl)c(Cl)cc1Cl)N1CCN(C(=O)c2ccccc2)CC1. The minimum atomic E-state index is -0.375. The normalized spacial score (nSPS) is 15.9. The smallest absolute Gasteiger partial charge is 0.253 e. The van der Waals surface area contributed by atoms with Crippen molar-refractivity contribution in [3.8, 4) is 0 Å². The van der Waals surface area contributed by atoms with Crippen LogP contribution in [0.25, 0.3) is 0 Å². The molecular formula is C20H20Cl3N3O2. The highest BCUT2D eigenvalue weighted by Crippen LogP contribution is 2.32. The fourth-order valence-electron chi connectivity index (χ4n) is 3.10. The van der Waals surface area contributed by atoms with Gasteiger partial charge in [-0.3, -0.25) is 14.5 Å². The molecule has 3 rings (SSSR count). The van der Waals surface area contributed by atoms with E-state index in [2.05, 4.69) is 5.32 Å². The highest BCUT2D eigenvalue weighted by atomic mass is 35.5. The summed E-state index contributed by atoms with van der Waals surface area (Å²) in [5.74, 6) is -0.178. The fraction of sp³-hybridized carbons (Fsp3) is 0.300. The molecule has 1 aliphatic heterocycles. The Kier molecular flexibility index (Phi) is 6.83. The minimum Gasteiger partial charge on any atom is -0.336 e. The van der Waals surface area contributed by atoms with Gasteiger partial charge in [-0.1, -0.05) is 53.0 Å². The van der Waals surface area contributed by atoms with Gasteiger partial charge in [-0.2, -0.15) is 0 Å². The van der Waals surface area contributed by atoms with Crippen LogP contribution < -0.4 is 5.32 Å². The summed E-state index contributed by atoms with van der Waals surface area (Å²) in [6.07, 6.45) is 0. The topological polar surface area (TPSA) is 52.7 Å². The molecular weight excluding hydrogens is 421 g/mol. The molecule has 2 aromatic rings. The number of amides is 2. The highest BCUT2D eigenvalue weighted by Gasteiger charge is 2.28. The number of carbonyl (C=O) groups excluding carboxylic acids is 2.